The molecule has 0 saturated carbocycles. The number of hydrogen-bond acceptors (Lipinski definition) is 8. The van der Waals surface area contributed by atoms with E-state index in [9.17, 15) is 38.5 Å². The van der Waals surface area contributed by atoms with E-state index in [0.717, 1.165) is 23.1 Å². The van der Waals surface area contributed by atoms with Gasteiger partial charge >= 0.3 is 12.1 Å². The third kappa shape index (κ3) is 5.01. The molecule has 0 unspecified atom stereocenters. The highest BCUT2D eigenvalue weighted by molar-refractivity contribution is 5.95. The lowest BCUT2D eigenvalue weighted by molar-refractivity contribution is -0.0243. The van der Waals surface area contributed by atoms with Crippen LogP contribution in [-0.4, -0.2) is 76.5 Å². The van der Waals surface area contributed by atoms with E-state index in [4.69, 9.17) is 9.47 Å². The van der Waals surface area contributed by atoms with Crippen molar-refractivity contribution in [3.8, 4) is 5.75 Å². The Kier molecular flexibility index (Phi) is 7.44. The first kappa shape index (κ1) is 29.8. The van der Waals surface area contributed by atoms with Crippen molar-refractivity contribution < 1.29 is 47.6 Å². The smallest absolute Gasteiger partial charge is 0.415 e. The molecule has 2 fully saturated rings. The number of carbonyl (C=O) groups is 2. The molecule has 14 heteroatoms. The fourth-order valence-corrected chi connectivity index (χ4v) is 6.32. The van der Waals surface area contributed by atoms with Crippen LogP contribution in [0.5, 0.6) is 5.75 Å². The van der Waals surface area contributed by atoms with Gasteiger partial charge in [0.1, 0.15) is 41.1 Å². The highest BCUT2D eigenvalue weighted by Gasteiger charge is 2.38. The number of pyridine rings is 1. The number of nitrogens with zero attached hydrogens (tertiary/aromatic N) is 3. The first-order valence-electron chi connectivity index (χ1n) is 14.2. The zero-order valence-corrected chi connectivity index (χ0v) is 23.7. The molecule has 6 rings (SSSR count). The number of ether oxygens (including phenoxy) is 2. The molecule has 3 aromatic rings. The molecule has 3 N–H and O–H groups in total. The zero-order valence-electron chi connectivity index (χ0n) is 23.7. The van der Waals surface area contributed by atoms with Crippen molar-refractivity contribution in [3.05, 3.63) is 63.2 Å². The Labute approximate surface area is 248 Å². The minimum atomic E-state index is -1.40. The second-order valence-corrected chi connectivity index (χ2v) is 11.6. The van der Waals surface area contributed by atoms with Crippen LogP contribution in [0.1, 0.15) is 48.1 Å². The second-order valence-electron chi connectivity index (χ2n) is 11.6. The van der Waals surface area contributed by atoms with Crippen LogP contribution in [0.2, 0.25) is 0 Å². The number of benzene rings is 2. The first-order chi connectivity index (χ1) is 20.9. The number of aromatic carboxylic acids is 1. The Morgan fingerprint density at radius 3 is 2.36 bits per heavy atom. The summed E-state index contributed by atoms with van der Waals surface area (Å²) >= 11 is 0. The summed E-state index contributed by atoms with van der Waals surface area (Å²) in [6.45, 7) is 1.31. The molecule has 2 aromatic carbocycles. The summed E-state index contributed by atoms with van der Waals surface area (Å²) in [5, 5.41) is 29.9. The van der Waals surface area contributed by atoms with E-state index in [-0.39, 0.29) is 56.3 Å². The van der Waals surface area contributed by atoms with Crippen LogP contribution < -0.4 is 20.0 Å². The maximum absolute atomic E-state index is 15.6. The van der Waals surface area contributed by atoms with E-state index in [1.165, 1.54) is 6.20 Å². The van der Waals surface area contributed by atoms with Crippen LogP contribution in [0.15, 0.2) is 29.2 Å². The van der Waals surface area contributed by atoms with Gasteiger partial charge in [0, 0.05) is 48.4 Å². The number of carbonyl (C=O) groups excluding carboxylic acids is 1. The van der Waals surface area contributed by atoms with Crippen LogP contribution in [-0.2, 0) is 11.2 Å². The summed E-state index contributed by atoms with van der Waals surface area (Å²) < 4.78 is 57.4. The molecule has 2 saturated heterocycles. The number of halogens is 3. The number of piperidine rings is 1. The van der Waals surface area contributed by atoms with E-state index in [0.29, 0.717) is 29.6 Å². The van der Waals surface area contributed by atoms with Gasteiger partial charge in [0.15, 0.2) is 11.6 Å². The minimum absolute atomic E-state index is 0.00920. The Morgan fingerprint density at radius 2 is 1.75 bits per heavy atom. The molecule has 0 bridgehead atoms. The lowest BCUT2D eigenvalue weighted by Crippen LogP contribution is -2.48. The van der Waals surface area contributed by atoms with Crippen LogP contribution >= 0.6 is 0 Å². The molecule has 0 aliphatic carbocycles. The summed E-state index contributed by atoms with van der Waals surface area (Å²) in [5.41, 5.74) is -1.79. The number of rotatable bonds is 7. The molecule has 3 aliphatic heterocycles. The van der Waals surface area contributed by atoms with Crippen molar-refractivity contribution in [2.24, 2.45) is 0 Å². The fraction of sp³-hybridized carbons (Fsp3) is 0.433. The Morgan fingerprint density at radius 1 is 1.09 bits per heavy atom. The van der Waals surface area contributed by atoms with Gasteiger partial charge in [-0.3, -0.25) is 9.69 Å². The number of cyclic esters (lactones) is 1. The highest BCUT2D eigenvalue weighted by atomic mass is 19.1. The summed E-state index contributed by atoms with van der Waals surface area (Å²) in [6.07, 6.45) is 0.776. The van der Waals surface area contributed by atoms with Crippen LogP contribution in [0.4, 0.5) is 29.3 Å². The number of aryl methyl sites for hydroxylation is 1. The molecule has 44 heavy (non-hydrogen) atoms. The molecule has 11 nitrogen and oxygen atoms in total. The number of carboxylic acid groups (broad SMARTS) is 1. The number of hydrogen-bond donors (Lipinski definition) is 3. The summed E-state index contributed by atoms with van der Waals surface area (Å²) in [4.78, 5) is 39.1. The lowest BCUT2D eigenvalue weighted by Gasteiger charge is -2.40. The van der Waals surface area contributed by atoms with Crippen molar-refractivity contribution >= 4 is 34.3 Å². The molecular weight excluding hydrogens is 587 g/mol. The maximum atomic E-state index is 15.6. The fourth-order valence-electron chi connectivity index (χ4n) is 6.32. The van der Waals surface area contributed by atoms with Crippen molar-refractivity contribution in [1.82, 2.24) is 4.57 Å². The van der Waals surface area contributed by atoms with E-state index in [2.05, 4.69) is 0 Å². The topological polar surface area (TPSA) is 142 Å². The van der Waals surface area contributed by atoms with Gasteiger partial charge < -0.3 is 34.3 Å². The molecule has 2 atom stereocenters. The number of anilines is 2. The molecule has 234 valence electrons. The van der Waals surface area contributed by atoms with Crippen molar-refractivity contribution in [1.29, 1.82) is 0 Å². The first-order valence-corrected chi connectivity index (χ1v) is 14.2. The number of amides is 1. The predicted molar refractivity (Wildman–Crippen MR) is 151 cm³/mol. The molecule has 1 aromatic heterocycles. The third-order valence-corrected chi connectivity index (χ3v) is 8.71. The predicted octanol–water partition coefficient (Wildman–Crippen LogP) is 3.35. The molecule has 4 heterocycles. The average Bonchev–Trinajstić information content (AvgIpc) is 3.35. The van der Waals surface area contributed by atoms with Gasteiger partial charge in [0.05, 0.1) is 24.4 Å². The average molecular weight is 618 g/mol. The lowest BCUT2D eigenvalue weighted by atomic mass is 9.89. The van der Waals surface area contributed by atoms with Crippen molar-refractivity contribution in [2.75, 3.05) is 42.6 Å². The van der Waals surface area contributed by atoms with Gasteiger partial charge in [-0.2, -0.15) is 0 Å². The van der Waals surface area contributed by atoms with Crippen LogP contribution in [0, 0.1) is 17.5 Å². The van der Waals surface area contributed by atoms with Gasteiger partial charge in [-0.1, -0.05) is 0 Å². The Balaban J connectivity index is 1.19. The number of aliphatic hydroxyl groups excluding tert-OH is 1. The largest absolute Gasteiger partial charge is 0.490 e. The van der Waals surface area contributed by atoms with E-state index < -0.39 is 64.5 Å². The van der Waals surface area contributed by atoms with E-state index in [1.54, 1.807) is 9.47 Å². The molecule has 3 aliphatic rings. The second kappa shape index (κ2) is 11.0. The van der Waals surface area contributed by atoms with Gasteiger partial charge in [-0.05, 0) is 38.7 Å². The standard InChI is InChI=1S/C30H30F3N3O8/c1-15-2-3-18-24-19(27(38)20(28(39)40)12-35(15)24)10-23(33)25(18)34-6-4-30(42,5-7-34)14-43-16-8-21(31)26(22(32)9-16)36-11-17(13-37)44-29(36)41/h8-10,12,15,17,37,42H,2-7,11,13-14H2,1H3,(H,39,40)/t15-,17+/m0/s1. The number of aromatic nitrogens is 1. The highest BCUT2D eigenvalue weighted by Crippen LogP contribution is 2.40. The maximum Gasteiger partial charge on any atom is 0.415 e. The quantitative estimate of drug-likeness (QED) is 0.364. The van der Waals surface area contributed by atoms with Gasteiger partial charge in [0.25, 0.3) is 0 Å². The number of aliphatic hydroxyl groups is 2. The van der Waals surface area contributed by atoms with Gasteiger partial charge in [-0.15, -0.1) is 0 Å². The molecule has 1 amide bonds. The molecular formula is C30H30F3N3O8. The number of carboxylic acids is 1. The normalized spacial score (nSPS) is 21.1. The zero-order chi connectivity index (χ0) is 31.5. The molecule has 0 spiro atoms. The van der Waals surface area contributed by atoms with Crippen LogP contribution in [0.3, 0.4) is 0 Å². The van der Waals surface area contributed by atoms with Gasteiger partial charge in [0.2, 0.25) is 5.43 Å². The molecule has 0 radical (unpaired) electrons. The third-order valence-electron chi connectivity index (χ3n) is 8.71. The van der Waals surface area contributed by atoms with E-state index >= 15 is 4.39 Å². The Hall–Kier alpha value is -4.30. The summed E-state index contributed by atoms with van der Waals surface area (Å²) in [7, 11) is 0. The monoisotopic (exact) mass is 617 g/mol. The Bertz CT molecular complexity index is 1710. The summed E-state index contributed by atoms with van der Waals surface area (Å²) in [5.74, 6) is -4.41. The SMILES string of the molecule is C[C@H]1CCc2c(N3CCC(O)(COc4cc(F)c(N5C[C@H](CO)OC5=O)c(F)c4)CC3)c(F)cc3c(=O)c(C(=O)O)cn1c23. The summed E-state index contributed by atoms with van der Waals surface area (Å²) in [6, 6.07) is 2.76. The van der Waals surface area contributed by atoms with Gasteiger partial charge in [-0.25, -0.2) is 22.8 Å². The minimum Gasteiger partial charge on any atom is -0.490 e. The van der Waals surface area contributed by atoms with Crippen molar-refractivity contribution in [3.63, 3.8) is 0 Å². The van der Waals surface area contributed by atoms with Crippen molar-refractivity contribution in [2.45, 2.75) is 50.4 Å². The van der Waals surface area contributed by atoms with E-state index in [1.807, 2.05) is 6.92 Å². The van der Waals surface area contributed by atoms with Crippen LogP contribution in [0.25, 0.3) is 10.9 Å².